The molecule has 0 spiro atoms. The number of halogens is 1. The van der Waals surface area contributed by atoms with Crippen molar-refractivity contribution in [1.29, 1.82) is 0 Å². The predicted molar refractivity (Wildman–Crippen MR) is 107 cm³/mol. The molecular weight excluding hydrogens is 445 g/mol. The molecule has 1 aliphatic rings. The first-order valence-electron chi connectivity index (χ1n) is 7.92. The van der Waals surface area contributed by atoms with Crippen LogP contribution in [0.5, 0.6) is 0 Å². The Hall–Kier alpha value is -0.620. The quantitative estimate of drug-likeness (QED) is 0.163. The highest BCUT2D eigenvalue weighted by Gasteiger charge is 2.29. The van der Waals surface area contributed by atoms with Crippen LogP contribution in [0.1, 0.15) is 33.6 Å². The van der Waals surface area contributed by atoms with E-state index in [1.165, 1.54) is 0 Å². The molecule has 0 aromatic rings. The zero-order valence-corrected chi connectivity index (χ0v) is 18.0. The number of carbonyl (C=O) groups excluding carboxylic acids is 1. The third kappa shape index (κ3) is 11.0. The van der Waals surface area contributed by atoms with Crippen LogP contribution in [0.3, 0.4) is 0 Å². The zero-order valence-electron chi connectivity index (χ0n) is 14.8. The summed E-state index contributed by atoms with van der Waals surface area (Å²) in [5.74, 6) is 0.920. The lowest BCUT2D eigenvalue weighted by Gasteiger charge is -2.23. The van der Waals surface area contributed by atoms with Gasteiger partial charge in [-0.3, -0.25) is 9.79 Å². The fourth-order valence-electron chi connectivity index (χ4n) is 2.01. The van der Waals surface area contributed by atoms with E-state index in [-0.39, 0.29) is 35.8 Å². The van der Waals surface area contributed by atoms with Crippen molar-refractivity contribution < 1.29 is 13.2 Å². The highest BCUT2D eigenvalue weighted by molar-refractivity contribution is 14.0. The Kier molecular flexibility index (Phi) is 10.1. The summed E-state index contributed by atoms with van der Waals surface area (Å²) in [4.78, 5) is 15.9. The van der Waals surface area contributed by atoms with Gasteiger partial charge in [-0.25, -0.2) is 13.1 Å². The third-order valence-corrected chi connectivity index (χ3v) is 4.03. The molecule has 1 aliphatic carbocycles. The van der Waals surface area contributed by atoms with E-state index < -0.39 is 15.6 Å². The van der Waals surface area contributed by atoms with Gasteiger partial charge in [-0.2, -0.15) is 0 Å². The second-order valence-corrected chi connectivity index (χ2v) is 8.19. The number of carbonyl (C=O) groups is 1. The second kappa shape index (κ2) is 10.4. The number of rotatable bonds is 9. The van der Waals surface area contributed by atoms with E-state index in [4.69, 9.17) is 0 Å². The molecule has 24 heavy (non-hydrogen) atoms. The topological polar surface area (TPSA) is 112 Å². The Morgan fingerprint density at radius 3 is 2.25 bits per heavy atom. The highest BCUT2D eigenvalue weighted by Crippen LogP contribution is 2.28. The van der Waals surface area contributed by atoms with Crippen molar-refractivity contribution in [1.82, 2.24) is 20.7 Å². The molecule has 142 valence electrons. The van der Waals surface area contributed by atoms with Crippen LogP contribution in [0.25, 0.3) is 0 Å². The minimum absolute atomic E-state index is 0. The molecule has 0 radical (unpaired) electrons. The van der Waals surface area contributed by atoms with Crippen molar-refractivity contribution in [2.75, 3.05) is 32.4 Å². The summed E-state index contributed by atoms with van der Waals surface area (Å²) in [6.07, 6.45) is 3.11. The van der Waals surface area contributed by atoms with Crippen molar-refractivity contribution in [2.24, 2.45) is 10.9 Å². The van der Waals surface area contributed by atoms with Crippen LogP contribution in [0.15, 0.2) is 4.99 Å². The Labute approximate surface area is 162 Å². The summed E-state index contributed by atoms with van der Waals surface area (Å²) in [5.41, 5.74) is -0.671. The Balaban J connectivity index is 0.00000529. The number of sulfonamides is 1. The molecule has 0 aromatic carbocycles. The molecule has 0 aromatic heterocycles. The van der Waals surface area contributed by atoms with Gasteiger partial charge >= 0.3 is 0 Å². The van der Waals surface area contributed by atoms with Crippen LogP contribution < -0.4 is 20.7 Å². The molecule has 0 saturated heterocycles. The van der Waals surface area contributed by atoms with Crippen molar-refractivity contribution in [3.8, 4) is 0 Å². The minimum atomic E-state index is -3.28. The minimum Gasteiger partial charge on any atom is -0.357 e. The Morgan fingerprint density at radius 1 is 1.17 bits per heavy atom. The molecule has 4 N–H and O–H groups in total. The summed E-state index contributed by atoms with van der Waals surface area (Å²) in [6, 6.07) is 0. The number of nitrogens with zero attached hydrogens (tertiary/aromatic N) is 1. The second-order valence-electron chi connectivity index (χ2n) is 6.45. The van der Waals surface area contributed by atoms with Crippen molar-refractivity contribution in [3.63, 3.8) is 0 Å². The number of hydrogen-bond acceptors (Lipinski definition) is 4. The predicted octanol–water partition coefficient (Wildman–Crippen LogP) is 0.0135. The molecule has 1 rings (SSSR count). The van der Waals surface area contributed by atoms with Gasteiger partial charge < -0.3 is 16.0 Å². The molecule has 0 atom stereocenters. The Bertz CT molecular complexity index is 533. The summed E-state index contributed by atoms with van der Waals surface area (Å²) < 4.78 is 25.2. The van der Waals surface area contributed by atoms with Gasteiger partial charge in [-0.1, -0.05) is 0 Å². The van der Waals surface area contributed by atoms with Gasteiger partial charge in [0.05, 0.1) is 12.8 Å². The summed E-state index contributed by atoms with van der Waals surface area (Å²) >= 11 is 0. The average molecular weight is 475 g/mol. The van der Waals surface area contributed by atoms with Crippen molar-refractivity contribution >= 4 is 45.9 Å². The molecule has 0 unspecified atom stereocenters. The molecule has 1 amide bonds. The van der Waals surface area contributed by atoms with Crippen LogP contribution in [-0.2, 0) is 14.8 Å². The number of amides is 1. The molecule has 0 bridgehead atoms. The van der Waals surface area contributed by atoms with Crippen LogP contribution in [0, 0.1) is 5.92 Å². The maximum atomic E-state index is 11.5. The van der Waals surface area contributed by atoms with Gasteiger partial charge in [-0.05, 0) is 33.6 Å². The lowest BCUT2D eigenvalue weighted by atomic mass is 10.1. The van der Waals surface area contributed by atoms with Gasteiger partial charge in [0.15, 0.2) is 5.96 Å². The standard InChI is InChI=1S/C14H29N5O3S.HI/c1-5-15-13(17-9-8-16-12(20)11-6-7-11)18-10-14(2,3)19-23(4,21)22;/h11,19H,5-10H2,1-4H3,(H,16,20)(H2,15,17,18);1H. The first-order chi connectivity index (χ1) is 10.6. The van der Waals surface area contributed by atoms with E-state index in [9.17, 15) is 13.2 Å². The van der Waals surface area contributed by atoms with E-state index in [2.05, 4.69) is 25.7 Å². The fraction of sp³-hybridized carbons (Fsp3) is 0.857. The van der Waals surface area contributed by atoms with E-state index in [1.54, 1.807) is 13.8 Å². The summed E-state index contributed by atoms with van der Waals surface area (Å²) in [7, 11) is -3.28. The molecule has 0 aliphatic heterocycles. The largest absolute Gasteiger partial charge is 0.357 e. The SMILES string of the molecule is CCNC(=NCC(C)(C)NS(C)(=O)=O)NCCNC(=O)C1CC1.I. The molecule has 10 heteroatoms. The molecule has 0 heterocycles. The number of aliphatic imine (C=N–C) groups is 1. The van der Waals surface area contributed by atoms with Crippen LogP contribution in [0.4, 0.5) is 0 Å². The molecule has 8 nitrogen and oxygen atoms in total. The molecule has 1 fully saturated rings. The van der Waals surface area contributed by atoms with Gasteiger partial charge in [0.25, 0.3) is 0 Å². The number of guanidine groups is 1. The van der Waals surface area contributed by atoms with Crippen molar-refractivity contribution in [3.05, 3.63) is 0 Å². The van der Waals surface area contributed by atoms with E-state index in [1.807, 2.05) is 6.92 Å². The lowest BCUT2D eigenvalue weighted by molar-refractivity contribution is -0.122. The van der Waals surface area contributed by atoms with E-state index in [0.717, 1.165) is 19.1 Å². The smallest absolute Gasteiger partial charge is 0.223 e. The monoisotopic (exact) mass is 475 g/mol. The summed E-state index contributed by atoms with van der Waals surface area (Å²) in [6.45, 7) is 7.58. The first-order valence-corrected chi connectivity index (χ1v) is 9.81. The van der Waals surface area contributed by atoms with Crippen molar-refractivity contribution in [2.45, 2.75) is 39.2 Å². The molecule has 1 saturated carbocycles. The maximum absolute atomic E-state index is 11.5. The lowest BCUT2D eigenvalue weighted by Crippen LogP contribution is -2.47. The van der Waals surface area contributed by atoms with Crippen LogP contribution in [0.2, 0.25) is 0 Å². The number of hydrogen-bond donors (Lipinski definition) is 4. The van der Waals surface area contributed by atoms with E-state index >= 15 is 0 Å². The summed E-state index contributed by atoms with van der Waals surface area (Å²) in [5, 5.41) is 9.08. The van der Waals surface area contributed by atoms with Gasteiger partial charge in [0.1, 0.15) is 0 Å². The van der Waals surface area contributed by atoms with Gasteiger partial charge in [0, 0.05) is 31.1 Å². The first kappa shape index (κ1) is 23.4. The fourth-order valence-corrected chi connectivity index (χ4v) is 3.08. The number of nitrogens with one attached hydrogen (secondary N) is 4. The van der Waals surface area contributed by atoms with Crippen LogP contribution in [-0.4, -0.2) is 58.3 Å². The molecular formula is C14H30IN5O3S. The van der Waals surface area contributed by atoms with E-state index in [0.29, 0.717) is 32.1 Å². The maximum Gasteiger partial charge on any atom is 0.223 e. The highest BCUT2D eigenvalue weighted by atomic mass is 127. The average Bonchev–Trinajstić information content (AvgIpc) is 3.22. The zero-order chi connectivity index (χ0) is 17.5. The van der Waals surface area contributed by atoms with Gasteiger partial charge in [-0.15, -0.1) is 24.0 Å². The third-order valence-electron chi connectivity index (χ3n) is 3.10. The van der Waals surface area contributed by atoms with Crippen LogP contribution >= 0.6 is 24.0 Å². The van der Waals surface area contributed by atoms with Gasteiger partial charge in [0.2, 0.25) is 15.9 Å². The Morgan fingerprint density at radius 2 is 1.75 bits per heavy atom. The normalized spacial score (nSPS) is 15.4.